The molecule has 0 bridgehead atoms. The molecule has 0 unspecified atom stereocenters. The lowest BCUT2D eigenvalue weighted by molar-refractivity contribution is -0.138. The molecule has 2 amide bonds. The molecule has 0 saturated carbocycles. The third kappa shape index (κ3) is 4.72. The van der Waals surface area contributed by atoms with Crippen LogP contribution < -0.4 is 10.6 Å². The Morgan fingerprint density at radius 3 is 2.35 bits per heavy atom. The Labute approximate surface area is 151 Å². The minimum Gasteiger partial charge on any atom is -0.467 e. The predicted molar refractivity (Wildman–Crippen MR) is 95.4 cm³/mol. The molecule has 26 heavy (non-hydrogen) atoms. The van der Waals surface area contributed by atoms with Crippen molar-refractivity contribution in [2.45, 2.75) is 27.3 Å². The molecule has 0 aliphatic carbocycles. The third-order valence-electron chi connectivity index (χ3n) is 3.79. The molecule has 7 heteroatoms. The Bertz CT molecular complexity index is 764. The van der Waals surface area contributed by atoms with Gasteiger partial charge in [-0.05, 0) is 57.2 Å². The highest BCUT2D eigenvalue weighted by molar-refractivity contribution is 6.09. The van der Waals surface area contributed by atoms with Crippen LogP contribution in [0.1, 0.15) is 36.9 Å². The van der Waals surface area contributed by atoms with Crippen molar-refractivity contribution in [3.63, 3.8) is 0 Å². The van der Waals surface area contributed by atoms with Gasteiger partial charge in [-0.25, -0.2) is 4.79 Å². The number of hydrogen-bond donors (Lipinski definition) is 2. The van der Waals surface area contributed by atoms with Gasteiger partial charge in [0.25, 0.3) is 0 Å². The zero-order chi connectivity index (χ0) is 19.2. The van der Waals surface area contributed by atoms with Gasteiger partial charge < -0.3 is 19.8 Å². The topological polar surface area (TPSA) is 97.6 Å². The van der Waals surface area contributed by atoms with Gasteiger partial charge in [0.2, 0.25) is 11.8 Å². The van der Waals surface area contributed by atoms with Crippen LogP contribution in [-0.2, 0) is 20.9 Å². The first-order chi connectivity index (χ1) is 12.3. The second-order valence-corrected chi connectivity index (χ2v) is 6.14. The summed E-state index contributed by atoms with van der Waals surface area (Å²) < 4.78 is 10.1. The Kier molecular flexibility index (Phi) is 6.16. The van der Waals surface area contributed by atoms with Crippen LogP contribution in [0.5, 0.6) is 0 Å². The molecular weight excluding hydrogens is 336 g/mol. The van der Waals surface area contributed by atoms with E-state index in [0.717, 1.165) is 0 Å². The summed E-state index contributed by atoms with van der Waals surface area (Å²) in [6, 6.07) is 9.73. The quantitative estimate of drug-likeness (QED) is 0.586. The Balaban J connectivity index is 1.96. The van der Waals surface area contributed by atoms with Crippen molar-refractivity contribution < 1.29 is 23.5 Å². The summed E-state index contributed by atoms with van der Waals surface area (Å²) in [6.45, 7) is 5.29. The van der Waals surface area contributed by atoms with Crippen molar-refractivity contribution in [1.82, 2.24) is 5.32 Å². The number of nitrogens with one attached hydrogen (secondary N) is 2. The van der Waals surface area contributed by atoms with Crippen LogP contribution in [0.2, 0.25) is 0 Å². The molecule has 7 nitrogen and oxygen atoms in total. The molecule has 0 aliphatic heterocycles. The van der Waals surface area contributed by atoms with Crippen LogP contribution in [0.3, 0.4) is 0 Å². The van der Waals surface area contributed by atoms with Crippen molar-refractivity contribution in [3.05, 3.63) is 54.0 Å². The Morgan fingerprint density at radius 1 is 1.08 bits per heavy atom. The molecule has 0 radical (unpaired) electrons. The summed E-state index contributed by atoms with van der Waals surface area (Å²) in [6.07, 6.45) is 1.51. The van der Waals surface area contributed by atoms with E-state index in [0.29, 0.717) is 23.6 Å². The number of furan rings is 1. The van der Waals surface area contributed by atoms with Crippen molar-refractivity contribution in [3.8, 4) is 0 Å². The van der Waals surface area contributed by atoms with E-state index in [1.165, 1.54) is 20.1 Å². The maximum Gasteiger partial charge on any atom is 0.338 e. The number of rotatable bonds is 7. The zero-order valence-electron chi connectivity index (χ0n) is 15.0. The number of carbonyl (C=O) groups excluding carboxylic acids is 3. The fourth-order valence-corrected chi connectivity index (χ4v) is 2.10. The number of amides is 2. The molecule has 1 aromatic heterocycles. The highest BCUT2D eigenvalue weighted by Gasteiger charge is 2.36. The average molecular weight is 358 g/mol. The standard InChI is InChI=1S/C19H22N2O5/c1-4-25-16(22)13-7-9-14(10-8-13)21-18(24)19(2,3)17(23)20-12-15-6-5-11-26-15/h5-11H,4,12H2,1-3H3,(H,20,23)(H,21,24). The highest BCUT2D eigenvalue weighted by atomic mass is 16.5. The normalized spacial score (nSPS) is 10.9. The maximum absolute atomic E-state index is 12.5. The van der Waals surface area contributed by atoms with Gasteiger partial charge in [-0.15, -0.1) is 0 Å². The summed E-state index contributed by atoms with van der Waals surface area (Å²) in [7, 11) is 0. The molecule has 0 fully saturated rings. The van der Waals surface area contributed by atoms with Crippen LogP contribution in [-0.4, -0.2) is 24.4 Å². The van der Waals surface area contributed by atoms with Gasteiger partial charge in [0.05, 0.1) is 25.0 Å². The summed E-state index contributed by atoms with van der Waals surface area (Å²) in [5, 5.41) is 5.35. The molecule has 2 N–H and O–H groups in total. The molecule has 0 atom stereocenters. The van der Waals surface area contributed by atoms with Crippen LogP contribution in [0.25, 0.3) is 0 Å². The highest BCUT2D eigenvalue weighted by Crippen LogP contribution is 2.20. The van der Waals surface area contributed by atoms with Crippen LogP contribution >= 0.6 is 0 Å². The van der Waals surface area contributed by atoms with E-state index in [1.54, 1.807) is 43.3 Å². The van der Waals surface area contributed by atoms with E-state index in [2.05, 4.69) is 10.6 Å². The lowest BCUT2D eigenvalue weighted by atomic mass is 9.91. The van der Waals surface area contributed by atoms with Gasteiger partial charge in [-0.3, -0.25) is 9.59 Å². The molecule has 0 aliphatic rings. The fourth-order valence-electron chi connectivity index (χ4n) is 2.10. The largest absolute Gasteiger partial charge is 0.467 e. The first kappa shape index (κ1) is 19.2. The number of benzene rings is 1. The summed E-state index contributed by atoms with van der Waals surface area (Å²) in [4.78, 5) is 36.4. The predicted octanol–water partition coefficient (Wildman–Crippen LogP) is 2.74. The van der Waals surface area contributed by atoms with Crippen molar-refractivity contribution in [2.75, 3.05) is 11.9 Å². The smallest absolute Gasteiger partial charge is 0.338 e. The lowest BCUT2D eigenvalue weighted by Gasteiger charge is -2.22. The maximum atomic E-state index is 12.5. The molecule has 2 aromatic rings. The minimum atomic E-state index is -1.29. The molecule has 1 heterocycles. The van der Waals surface area contributed by atoms with E-state index >= 15 is 0 Å². The van der Waals surface area contributed by atoms with Crippen molar-refractivity contribution >= 4 is 23.5 Å². The van der Waals surface area contributed by atoms with Crippen LogP contribution in [0, 0.1) is 5.41 Å². The van der Waals surface area contributed by atoms with E-state index in [4.69, 9.17) is 9.15 Å². The molecule has 0 spiro atoms. The second-order valence-electron chi connectivity index (χ2n) is 6.14. The van der Waals surface area contributed by atoms with Gasteiger partial charge >= 0.3 is 5.97 Å². The number of esters is 1. The SMILES string of the molecule is CCOC(=O)c1ccc(NC(=O)C(C)(C)C(=O)NCc2ccco2)cc1. The van der Waals surface area contributed by atoms with Gasteiger partial charge in [-0.1, -0.05) is 0 Å². The molecule has 0 saturated heterocycles. The molecule has 1 aromatic carbocycles. The average Bonchev–Trinajstić information content (AvgIpc) is 3.13. The monoisotopic (exact) mass is 358 g/mol. The van der Waals surface area contributed by atoms with Crippen LogP contribution in [0.15, 0.2) is 47.1 Å². The Morgan fingerprint density at radius 2 is 1.77 bits per heavy atom. The van der Waals surface area contributed by atoms with Gasteiger partial charge in [-0.2, -0.15) is 0 Å². The van der Waals surface area contributed by atoms with Crippen molar-refractivity contribution in [2.24, 2.45) is 5.41 Å². The summed E-state index contributed by atoms with van der Waals surface area (Å²) in [5.74, 6) is -0.708. The lowest BCUT2D eigenvalue weighted by Crippen LogP contribution is -2.44. The zero-order valence-corrected chi connectivity index (χ0v) is 15.0. The van der Waals surface area contributed by atoms with Crippen LogP contribution in [0.4, 0.5) is 5.69 Å². The van der Waals surface area contributed by atoms with Gasteiger partial charge in [0.1, 0.15) is 11.2 Å². The fraction of sp³-hybridized carbons (Fsp3) is 0.316. The molecular formula is C19H22N2O5. The van der Waals surface area contributed by atoms with E-state index in [1.807, 2.05) is 0 Å². The van der Waals surface area contributed by atoms with E-state index in [-0.39, 0.29) is 6.54 Å². The number of anilines is 1. The van der Waals surface area contributed by atoms with Gasteiger partial charge in [0, 0.05) is 5.69 Å². The van der Waals surface area contributed by atoms with E-state index < -0.39 is 23.2 Å². The summed E-state index contributed by atoms with van der Waals surface area (Å²) in [5.41, 5.74) is -0.415. The first-order valence-electron chi connectivity index (χ1n) is 8.24. The molecule has 138 valence electrons. The number of ether oxygens (including phenoxy) is 1. The molecule has 2 rings (SSSR count). The minimum absolute atomic E-state index is 0.205. The Hall–Kier alpha value is -3.09. The van der Waals surface area contributed by atoms with E-state index in [9.17, 15) is 14.4 Å². The number of carbonyl (C=O) groups is 3. The third-order valence-corrected chi connectivity index (χ3v) is 3.79. The summed E-state index contributed by atoms with van der Waals surface area (Å²) >= 11 is 0. The first-order valence-corrected chi connectivity index (χ1v) is 8.24. The number of hydrogen-bond acceptors (Lipinski definition) is 5. The van der Waals surface area contributed by atoms with Crippen molar-refractivity contribution in [1.29, 1.82) is 0 Å². The second kappa shape index (κ2) is 8.33. The van der Waals surface area contributed by atoms with Gasteiger partial charge in [0.15, 0.2) is 0 Å².